The van der Waals surface area contributed by atoms with Crippen LogP contribution in [0.2, 0.25) is 0 Å². The molecule has 3 aliphatic rings. The van der Waals surface area contributed by atoms with E-state index in [1.807, 2.05) is 59.5 Å². The summed E-state index contributed by atoms with van der Waals surface area (Å²) >= 11 is 0. The van der Waals surface area contributed by atoms with Gasteiger partial charge in [-0.25, -0.2) is 4.79 Å². The quantitative estimate of drug-likeness (QED) is 0.131. The molecule has 2 aliphatic carbocycles. The van der Waals surface area contributed by atoms with Gasteiger partial charge in [-0.3, -0.25) is 10.1 Å². The predicted molar refractivity (Wildman–Crippen MR) is 190 cm³/mol. The molecule has 3 aromatic carbocycles. The molecule has 1 unspecified atom stereocenters. The fourth-order valence-corrected chi connectivity index (χ4v) is 7.44. The molecule has 49 heavy (non-hydrogen) atoms. The highest BCUT2D eigenvalue weighted by molar-refractivity contribution is 5.91. The Labute approximate surface area is 290 Å². The number of nitrogens with one attached hydrogen (secondary N) is 1. The Morgan fingerprint density at radius 1 is 0.857 bits per heavy atom. The number of nitrogens with zero attached hydrogens (tertiary/aromatic N) is 2. The molecule has 6 rings (SSSR count). The van der Waals surface area contributed by atoms with E-state index in [0.717, 1.165) is 75.0 Å². The van der Waals surface area contributed by atoms with Crippen LogP contribution < -0.4 is 5.32 Å². The van der Waals surface area contributed by atoms with Gasteiger partial charge in [0.1, 0.15) is 6.10 Å². The number of amides is 2. The van der Waals surface area contributed by atoms with E-state index in [1.54, 1.807) is 14.2 Å². The summed E-state index contributed by atoms with van der Waals surface area (Å²) in [5, 5.41) is 2.99. The molecule has 9 heteroatoms. The van der Waals surface area contributed by atoms with Gasteiger partial charge >= 0.3 is 6.09 Å². The number of hydrogen-bond acceptors (Lipinski definition) is 7. The Kier molecular flexibility index (Phi) is 12.4. The van der Waals surface area contributed by atoms with E-state index in [4.69, 9.17) is 18.9 Å². The highest BCUT2D eigenvalue weighted by Crippen LogP contribution is 2.40. The van der Waals surface area contributed by atoms with E-state index in [-0.39, 0.29) is 18.1 Å². The van der Waals surface area contributed by atoms with Gasteiger partial charge in [0.05, 0.1) is 31.9 Å². The molecule has 2 saturated carbocycles. The monoisotopic (exact) mass is 669 g/mol. The van der Waals surface area contributed by atoms with Gasteiger partial charge in [-0.2, -0.15) is 0 Å². The van der Waals surface area contributed by atoms with E-state index in [2.05, 4.69) is 34.5 Å². The minimum absolute atomic E-state index is 0.0335. The molecule has 0 radical (unpaired) electrons. The number of likely N-dealkylation sites (tertiary alicyclic amines) is 1. The topological polar surface area (TPSA) is 89.6 Å². The Morgan fingerprint density at radius 2 is 1.55 bits per heavy atom. The van der Waals surface area contributed by atoms with E-state index in [9.17, 15) is 9.59 Å². The van der Waals surface area contributed by atoms with Gasteiger partial charge in [0.15, 0.2) is 6.29 Å². The van der Waals surface area contributed by atoms with Crippen molar-refractivity contribution in [2.45, 2.75) is 63.4 Å². The number of methoxy groups -OCH3 is 2. The van der Waals surface area contributed by atoms with E-state index >= 15 is 0 Å². The van der Waals surface area contributed by atoms with Crippen LogP contribution in [0.5, 0.6) is 0 Å². The van der Waals surface area contributed by atoms with Crippen LogP contribution in [0, 0.1) is 11.8 Å². The fourth-order valence-electron chi connectivity index (χ4n) is 7.44. The molecular weight excluding hydrogens is 618 g/mol. The van der Waals surface area contributed by atoms with Crippen molar-refractivity contribution in [3.05, 3.63) is 90.0 Å². The first kappa shape index (κ1) is 35.1. The maximum Gasteiger partial charge on any atom is 0.411 e. The molecule has 1 saturated heterocycles. The standard InChI is InChI=1S/C40H51N3O6/c1-46-39(47-2)28-43(34-15-16-34)38(44)19-22-48-21-18-30-10-8-9-29(23-30)17-20-42-26-32-24-35(25-33(32)27-42)49-40(45)41-37-14-7-6-13-36(37)31-11-4-3-5-12-31/h3-14,23,32-35,39H,15-22,24-28H2,1-2H3,(H,41,45)/t32-,33+,35?. The molecule has 3 aromatic rings. The number of benzene rings is 3. The Balaban J connectivity index is 0.873. The summed E-state index contributed by atoms with van der Waals surface area (Å²) < 4.78 is 22.4. The Morgan fingerprint density at radius 3 is 2.27 bits per heavy atom. The summed E-state index contributed by atoms with van der Waals surface area (Å²) in [5.74, 6) is 1.24. The number of ether oxygens (including phenoxy) is 4. The first-order valence-electron chi connectivity index (χ1n) is 17.8. The summed E-state index contributed by atoms with van der Waals surface area (Å²) in [6, 6.07) is 27.0. The van der Waals surface area contributed by atoms with Crippen LogP contribution in [0.3, 0.4) is 0 Å². The first-order chi connectivity index (χ1) is 24.0. The molecule has 3 fully saturated rings. The summed E-state index contributed by atoms with van der Waals surface area (Å²) in [4.78, 5) is 30.1. The van der Waals surface area contributed by atoms with Crippen molar-refractivity contribution < 1.29 is 28.5 Å². The van der Waals surface area contributed by atoms with Crippen LogP contribution >= 0.6 is 0 Å². The van der Waals surface area contributed by atoms with Crippen molar-refractivity contribution in [3.8, 4) is 11.1 Å². The number of hydrogen-bond donors (Lipinski definition) is 1. The summed E-state index contributed by atoms with van der Waals surface area (Å²) in [6.07, 6.45) is 5.34. The van der Waals surface area contributed by atoms with Gasteiger partial charge in [0, 0.05) is 45.5 Å². The van der Waals surface area contributed by atoms with Crippen LogP contribution in [0.15, 0.2) is 78.9 Å². The minimum Gasteiger partial charge on any atom is -0.446 e. The molecule has 3 atom stereocenters. The molecule has 0 spiro atoms. The first-order valence-corrected chi connectivity index (χ1v) is 17.8. The minimum atomic E-state index is -0.398. The lowest BCUT2D eigenvalue weighted by molar-refractivity contribution is -0.147. The SMILES string of the molecule is COC(CN(C(=O)CCOCCc1cccc(CCN2C[C@H]3CC(OC(=O)Nc4ccccc4-c4ccccc4)C[C@H]3C2)c1)C1CC1)OC. The van der Waals surface area contributed by atoms with Crippen LogP contribution in [-0.2, 0) is 36.6 Å². The predicted octanol–water partition coefficient (Wildman–Crippen LogP) is 6.41. The Hall–Kier alpha value is -3.76. The second-order valence-electron chi connectivity index (χ2n) is 13.7. The smallest absolute Gasteiger partial charge is 0.411 e. The largest absolute Gasteiger partial charge is 0.446 e. The van der Waals surface area contributed by atoms with Gasteiger partial charge in [-0.15, -0.1) is 0 Å². The molecule has 1 N–H and O–H groups in total. The lowest BCUT2D eigenvalue weighted by atomic mass is 10.0. The average molecular weight is 670 g/mol. The van der Waals surface area contributed by atoms with Crippen molar-refractivity contribution >= 4 is 17.7 Å². The number of anilines is 1. The molecule has 9 nitrogen and oxygen atoms in total. The van der Waals surface area contributed by atoms with Crippen molar-refractivity contribution in [2.24, 2.45) is 11.8 Å². The zero-order valence-electron chi connectivity index (χ0n) is 28.9. The Bertz CT molecular complexity index is 1500. The van der Waals surface area contributed by atoms with E-state index < -0.39 is 6.29 Å². The van der Waals surface area contributed by atoms with Gasteiger partial charge in [0.25, 0.3) is 0 Å². The van der Waals surface area contributed by atoms with Crippen molar-refractivity contribution in [3.63, 3.8) is 0 Å². The van der Waals surface area contributed by atoms with Crippen LogP contribution in [0.1, 0.15) is 43.2 Å². The summed E-state index contributed by atoms with van der Waals surface area (Å²) in [6.45, 7) is 4.62. The van der Waals surface area contributed by atoms with Gasteiger partial charge in [-0.05, 0) is 73.1 Å². The van der Waals surface area contributed by atoms with E-state index in [1.165, 1.54) is 11.1 Å². The zero-order chi connectivity index (χ0) is 34.0. The molecule has 0 aromatic heterocycles. The molecule has 1 heterocycles. The molecule has 1 aliphatic heterocycles. The number of fused-ring (bicyclic) bond motifs is 1. The third-order valence-electron chi connectivity index (χ3n) is 10.2. The maximum atomic E-state index is 12.9. The lowest BCUT2D eigenvalue weighted by Gasteiger charge is -2.26. The van der Waals surface area contributed by atoms with Gasteiger partial charge in [-0.1, -0.05) is 72.8 Å². The number of carbonyl (C=O) groups excluding carboxylic acids is 2. The third-order valence-corrected chi connectivity index (χ3v) is 10.2. The summed E-state index contributed by atoms with van der Waals surface area (Å²) in [5.41, 5.74) is 5.41. The molecule has 0 bridgehead atoms. The van der Waals surface area contributed by atoms with Gasteiger partial charge in [0.2, 0.25) is 5.91 Å². The van der Waals surface area contributed by atoms with E-state index in [0.29, 0.717) is 44.1 Å². The third kappa shape index (κ3) is 9.91. The van der Waals surface area contributed by atoms with Crippen LogP contribution in [0.4, 0.5) is 10.5 Å². The molecular formula is C40H51N3O6. The normalized spacial score (nSPS) is 20.3. The molecule has 2 amide bonds. The van der Waals surface area contributed by atoms with Crippen LogP contribution in [0.25, 0.3) is 11.1 Å². The van der Waals surface area contributed by atoms with Crippen molar-refractivity contribution in [1.29, 1.82) is 0 Å². The second-order valence-corrected chi connectivity index (χ2v) is 13.7. The highest BCUT2D eigenvalue weighted by atomic mass is 16.7. The average Bonchev–Trinajstić information content (AvgIpc) is 3.79. The maximum absolute atomic E-state index is 12.9. The van der Waals surface area contributed by atoms with Crippen molar-refractivity contribution in [1.82, 2.24) is 9.80 Å². The number of carbonyl (C=O) groups is 2. The highest BCUT2D eigenvalue weighted by Gasteiger charge is 2.42. The van der Waals surface area contributed by atoms with Gasteiger partial charge < -0.3 is 28.7 Å². The molecule has 262 valence electrons. The fraction of sp³-hybridized carbons (Fsp3) is 0.500. The lowest BCUT2D eigenvalue weighted by Crippen LogP contribution is -2.40. The second kappa shape index (κ2) is 17.3. The summed E-state index contributed by atoms with van der Waals surface area (Å²) in [7, 11) is 3.20. The zero-order valence-corrected chi connectivity index (χ0v) is 28.9. The number of para-hydroxylation sites is 1. The number of rotatable bonds is 17. The van der Waals surface area contributed by atoms with Crippen molar-refractivity contribution in [2.75, 3.05) is 58.9 Å². The van der Waals surface area contributed by atoms with Crippen LogP contribution in [-0.4, -0.2) is 93.8 Å².